The van der Waals surface area contributed by atoms with Gasteiger partial charge in [-0.05, 0) is 42.8 Å². The van der Waals surface area contributed by atoms with Gasteiger partial charge in [-0.3, -0.25) is 0 Å². The van der Waals surface area contributed by atoms with E-state index in [4.69, 9.17) is 15.5 Å². The number of sulfone groups is 1. The van der Waals surface area contributed by atoms with Crippen LogP contribution in [-0.4, -0.2) is 30.1 Å². The van der Waals surface area contributed by atoms with Gasteiger partial charge in [-0.1, -0.05) is 38.3 Å². The summed E-state index contributed by atoms with van der Waals surface area (Å²) < 4.78 is 34.1. The van der Waals surface area contributed by atoms with Crippen molar-refractivity contribution in [1.29, 1.82) is 0 Å². The van der Waals surface area contributed by atoms with Gasteiger partial charge >= 0.3 is 0 Å². The van der Waals surface area contributed by atoms with E-state index in [1.807, 2.05) is 24.3 Å². The number of methoxy groups -OCH3 is 1. The molecule has 0 unspecified atom stereocenters. The molecule has 0 aliphatic heterocycles. The fourth-order valence-corrected chi connectivity index (χ4v) is 5.26. The van der Waals surface area contributed by atoms with E-state index in [1.54, 1.807) is 16.7 Å². The van der Waals surface area contributed by atoms with Crippen molar-refractivity contribution >= 4 is 37.9 Å². The van der Waals surface area contributed by atoms with Gasteiger partial charge in [-0.2, -0.15) is 0 Å². The van der Waals surface area contributed by atoms with Crippen molar-refractivity contribution in [3.8, 4) is 5.75 Å². The van der Waals surface area contributed by atoms with Gasteiger partial charge < -0.3 is 15.0 Å². The average Bonchev–Trinajstić information content (AvgIpc) is 3.06. The Hall–Kier alpha value is -3.13. The van der Waals surface area contributed by atoms with Crippen LogP contribution in [0.3, 0.4) is 0 Å². The standard InChI is InChI=1S/C23H26N4O3S/c1-3-4-5-8-15-27-22(24)21(31(28,29)17-13-11-16(30-2)12-14-17)20-23(27)26-19-10-7-6-9-18(19)25-20/h6-7,9-14H,3-5,8,15,24H2,1-2H3. The van der Waals surface area contributed by atoms with E-state index in [1.165, 1.54) is 19.2 Å². The SMILES string of the molecule is CCCCCCn1c(N)c(S(=O)(=O)c2ccc(OC)cc2)c2nc3ccccc3nc21. The summed E-state index contributed by atoms with van der Waals surface area (Å²) in [5.41, 5.74) is 8.59. The zero-order valence-electron chi connectivity index (χ0n) is 17.7. The zero-order chi connectivity index (χ0) is 22.0. The van der Waals surface area contributed by atoms with E-state index < -0.39 is 9.84 Å². The molecule has 0 aliphatic carbocycles. The Bertz CT molecular complexity index is 1330. The van der Waals surface area contributed by atoms with Crippen LogP contribution in [0.2, 0.25) is 0 Å². The number of ether oxygens (including phenoxy) is 1. The van der Waals surface area contributed by atoms with Crippen LogP contribution in [0.15, 0.2) is 58.3 Å². The molecule has 31 heavy (non-hydrogen) atoms. The summed E-state index contributed by atoms with van der Waals surface area (Å²) in [5.74, 6) is 0.758. The molecule has 0 atom stereocenters. The van der Waals surface area contributed by atoms with Crippen molar-refractivity contribution in [3.05, 3.63) is 48.5 Å². The molecule has 8 heteroatoms. The predicted molar refractivity (Wildman–Crippen MR) is 122 cm³/mol. The third-order valence-corrected chi connectivity index (χ3v) is 7.25. The van der Waals surface area contributed by atoms with Crippen LogP contribution in [0, 0.1) is 0 Å². The Kier molecular flexibility index (Phi) is 5.82. The molecule has 2 aromatic heterocycles. The molecule has 0 fully saturated rings. The quantitative estimate of drug-likeness (QED) is 0.404. The highest BCUT2D eigenvalue weighted by atomic mass is 32.2. The number of nitrogen functional groups attached to an aromatic ring is 1. The summed E-state index contributed by atoms with van der Waals surface area (Å²) in [4.78, 5) is 9.54. The number of anilines is 1. The summed E-state index contributed by atoms with van der Waals surface area (Å²) in [6.45, 7) is 2.74. The van der Waals surface area contributed by atoms with Gasteiger partial charge in [0.05, 0.1) is 23.0 Å². The first-order valence-corrected chi connectivity index (χ1v) is 11.9. The molecular weight excluding hydrogens is 412 g/mol. The van der Waals surface area contributed by atoms with Gasteiger partial charge in [0.2, 0.25) is 9.84 Å². The Balaban J connectivity index is 1.92. The molecule has 0 saturated carbocycles. The fourth-order valence-electron chi connectivity index (χ4n) is 3.75. The summed E-state index contributed by atoms with van der Waals surface area (Å²) in [6.07, 6.45) is 4.16. The Morgan fingerprint density at radius 1 is 0.968 bits per heavy atom. The maximum atomic E-state index is 13.6. The van der Waals surface area contributed by atoms with Gasteiger partial charge in [0, 0.05) is 6.54 Å². The topological polar surface area (TPSA) is 100 Å². The van der Waals surface area contributed by atoms with Crippen molar-refractivity contribution in [2.75, 3.05) is 12.8 Å². The largest absolute Gasteiger partial charge is 0.497 e. The minimum atomic E-state index is -3.91. The number of aromatic nitrogens is 3. The lowest BCUT2D eigenvalue weighted by Crippen LogP contribution is -2.08. The van der Waals surface area contributed by atoms with Crippen molar-refractivity contribution in [2.45, 2.75) is 48.9 Å². The summed E-state index contributed by atoms with van der Waals surface area (Å²) in [6, 6.07) is 13.7. The number of fused-ring (bicyclic) bond motifs is 2. The second-order valence-electron chi connectivity index (χ2n) is 7.49. The van der Waals surface area contributed by atoms with Gasteiger partial charge in [-0.25, -0.2) is 18.4 Å². The first-order valence-electron chi connectivity index (χ1n) is 10.4. The Morgan fingerprint density at radius 3 is 2.29 bits per heavy atom. The summed E-state index contributed by atoms with van der Waals surface area (Å²) in [7, 11) is -2.37. The molecule has 4 rings (SSSR count). The number of benzene rings is 2. The number of para-hydroxylation sites is 2. The highest BCUT2D eigenvalue weighted by Crippen LogP contribution is 2.36. The number of aryl methyl sites for hydroxylation is 1. The van der Waals surface area contributed by atoms with Gasteiger partial charge in [0.25, 0.3) is 0 Å². The lowest BCUT2D eigenvalue weighted by atomic mass is 10.2. The molecule has 2 N–H and O–H groups in total. The van der Waals surface area contributed by atoms with Crippen LogP contribution >= 0.6 is 0 Å². The molecule has 2 aromatic carbocycles. The molecule has 0 saturated heterocycles. The number of hydrogen-bond acceptors (Lipinski definition) is 6. The Morgan fingerprint density at radius 2 is 1.65 bits per heavy atom. The van der Waals surface area contributed by atoms with Crippen LogP contribution < -0.4 is 10.5 Å². The van der Waals surface area contributed by atoms with E-state index >= 15 is 0 Å². The predicted octanol–water partition coefficient (Wildman–Crippen LogP) is 4.59. The number of hydrogen-bond donors (Lipinski definition) is 1. The highest BCUT2D eigenvalue weighted by molar-refractivity contribution is 7.92. The van der Waals surface area contributed by atoms with Crippen molar-refractivity contribution in [2.24, 2.45) is 0 Å². The summed E-state index contributed by atoms with van der Waals surface area (Å²) in [5, 5.41) is 0. The smallest absolute Gasteiger partial charge is 0.212 e. The van der Waals surface area contributed by atoms with Gasteiger partial charge in [0.15, 0.2) is 5.65 Å². The highest BCUT2D eigenvalue weighted by Gasteiger charge is 2.30. The number of nitrogens with two attached hydrogens (primary N) is 1. The zero-order valence-corrected chi connectivity index (χ0v) is 18.5. The molecule has 0 spiro atoms. The second kappa shape index (κ2) is 8.55. The molecule has 162 valence electrons. The lowest BCUT2D eigenvalue weighted by molar-refractivity contribution is 0.414. The molecule has 0 aliphatic rings. The summed E-state index contributed by atoms with van der Waals surface area (Å²) >= 11 is 0. The number of nitrogens with zero attached hydrogens (tertiary/aromatic N) is 3. The van der Waals surface area contributed by atoms with E-state index in [2.05, 4.69) is 11.9 Å². The first-order chi connectivity index (χ1) is 15.0. The fraction of sp³-hybridized carbons (Fsp3) is 0.304. The van der Waals surface area contributed by atoms with Crippen molar-refractivity contribution < 1.29 is 13.2 Å². The van der Waals surface area contributed by atoms with Gasteiger partial charge in [0.1, 0.15) is 22.0 Å². The van der Waals surface area contributed by atoms with Crippen LogP contribution in [0.25, 0.3) is 22.2 Å². The molecule has 2 heterocycles. The maximum absolute atomic E-state index is 13.6. The number of unbranched alkanes of at least 4 members (excludes halogenated alkanes) is 3. The van der Waals surface area contributed by atoms with Crippen LogP contribution in [0.4, 0.5) is 5.82 Å². The van der Waals surface area contributed by atoms with E-state index in [9.17, 15) is 8.42 Å². The van der Waals surface area contributed by atoms with E-state index in [0.29, 0.717) is 34.5 Å². The molecule has 0 amide bonds. The van der Waals surface area contributed by atoms with Crippen molar-refractivity contribution in [1.82, 2.24) is 14.5 Å². The molecular formula is C23H26N4O3S. The number of rotatable bonds is 8. The maximum Gasteiger partial charge on any atom is 0.212 e. The van der Waals surface area contributed by atoms with E-state index in [0.717, 1.165) is 25.7 Å². The third kappa shape index (κ3) is 3.83. The minimum absolute atomic E-state index is 0.0152. The monoisotopic (exact) mass is 438 g/mol. The van der Waals surface area contributed by atoms with Crippen molar-refractivity contribution in [3.63, 3.8) is 0 Å². The Labute approximate surface area is 181 Å². The average molecular weight is 439 g/mol. The molecule has 0 bridgehead atoms. The molecule has 7 nitrogen and oxygen atoms in total. The third-order valence-electron chi connectivity index (χ3n) is 5.42. The van der Waals surface area contributed by atoms with Crippen LogP contribution in [0.5, 0.6) is 5.75 Å². The van der Waals surface area contributed by atoms with Crippen LogP contribution in [0.1, 0.15) is 32.6 Å². The normalized spacial score (nSPS) is 11.9. The van der Waals surface area contributed by atoms with Crippen LogP contribution in [-0.2, 0) is 16.4 Å². The molecule has 4 aromatic rings. The minimum Gasteiger partial charge on any atom is -0.497 e. The first kappa shape index (κ1) is 21.1. The van der Waals surface area contributed by atoms with E-state index in [-0.39, 0.29) is 15.6 Å². The second-order valence-corrected chi connectivity index (χ2v) is 9.38. The lowest BCUT2D eigenvalue weighted by Gasteiger charge is -2.08. The molecule has 0 radical (unpaired) electrons. The van der Waals surface area contributed by atoms with Gasteiger partial charge in [-0.15, -0.1) is 0 Å².